The number of benzene rings is 1. The molecule has 1 aliphatic heterocycles. The Kier molecular flexibility index (Phi) is 6.44. The van der Waals surface area contributed by atoms with Crippen molar-refractivity contribution in [2.24, 2.45) is 22.0 Å². The Morgan fingerprint density at radius 3 is 2.61 bits per heavy atom. The summed E-state index contributed by atoms with van der Waals surface area (Å²) in [4.78, 5) is 12.1. The van der Waals surface area contributed by atoms with Crippen molar-refractivity contribution in [3.05, 3.63) is 53.7 Å². The fraction of sp³-hybridized carbons (Fsp3) is 0.433. The molecule has 2 fully saturated rings. The summed E-state index contributed by atoms with van der Waals surface area (Å²) in [5.41, 5.74) is 7.72. The molecule has 0 unspecified atom stereocenters. The Morgan fingerprint density at radius 1 is 1.05 bits per heavy atom. The molecule has 2 N–H and O–H groups in total. The van der Waals surface area contributed by atoms with Crippen LogP contribution in [-0.2, 0) is 4.79 Å². The number of amides is 1. The van der Waals surface area contributed by atoms with E-state index in [-0.39, 0.29) is 17.9 Å². The number of carbonyl (C=O) groups excluding carboxylic acids is 1. The highest BCUT2D eigenvalue weighted by molar-refractivity contribution is 6.18. The zero-order chi connectivity index (χ0) is 26.2. The normalized spacial score (nSPS) is 21.2. The number of aromatic nitrogens is 2. The van der Waals surface area contributed by atoms with Gasteiger partial charge in [-0.25, -0.2) is 4.52 Å². The van der Waals surface area contributed by atoms with Crippen LogP contribution in [0.25, 0.3) is 16.8 Å². The smallest absolute Gasteiger partial charge is 0.223 e. The molecule has 0 spiro atoms. The number of carbonyl (C=O) groups is 1. The van der Waals surface area contributed by atoms with Crippen LogP contribution >= 0.6 is 0 Å². The SMILES string of the molecule is CC(C)Nc1cc(-c2ccc3cc(C#N)cnn23)ccc1C1=NN=C(C2CCC(NC(=O)C3CC3)CC2)C1. The summed E-state index contributed by atoms with van der Waals surface area (Å²) < 4.78 is 1.87. The van der Waals surface area contributed by atoms with Gasteiger partial charge < -0.3 is 10.6 Å². The zero-order valence-electron chi connectivity index (χ0n) is 21.9. The molecule has 3 aliphatic rings. The van der Waals surface area contributed by atoms with Crippen molar-refractivity contribution >= 4 is 28.5 Å². The Labute approximate surface area is 222 Å². The lowest BCUT2D eigenvalue weighted by molar-refractivity contribution is -0.123. The molecule has 0 saturated heterocycles. The molecule has 8 heteroatoms. The van der Waals surface area contributed by atoms with E-state index in [0.717, 1.165) is 78.7 Å². The molecule has 2 saturated carbocycles. The third-order valence-electron chi connectivity index (χ3n) is 7.84. The van der Waals surface area contributed by atoms with Crippen LogP contribution in [0.15, 0.2) is 52.8 Å². The predicted octanol–water partition coefficient (Wildman–Crippen LogP) is 5.33. The highest BCUT2D eigenvalue weighted by Crippen LogP contribution is 2.34. The molecule has 1 amide bonds. The van der Waals surface area contributed by atoms with Gasteiger partial charge in [0.25, 0.3) is 0 Å². The number of nitriles is 1. The van der Waals surface area contributed by atoms with E-state index in [1.165, 1.54) is 5.71 Å². The van der Waals surface area contributed by atoms with E-state index in [1.807, 2.05) is 22.7 Å². The predicted molar refractivity (Wildman–Crippen MR) is 149 cm³/mol. The molecule has 2 aromatic heterocycles. The number of nitrogens with one attached hydrogen (secondary N) is 2. The second-order valence-electron chi connectivity index (χ2n) is 11.1. The van der Waals surface area contributed by atoms with E-state index in [2.05, 4.69) is 64.1 Å². The second-order valence-corrected chi connectivity index (χ2v) is 11.1. The molecular weight excluding hydrogens is 474 g/mol. The molecule has 3 heterocycles. The van der Waals surface area contributed by atoms with E-state index in [0.29, 0.717) is 17.5 Å². The van der Waals surface area contributed by atoms with Crippen molar-refractivity contribution in [2.45, 2.75) is 70.9 Å². The van der Waals surface area contributed by atoms with Crippen LogP contribution in [0.1, 0.15) is 69.9 Å². The van der Waals surface area contributed by atoms with Crippen LogP contribution in [0.3, 0.4) is 0 Å². The number of hydrogen-bond donors (Lipinski definition) is 2. The van der Waals surface area contributed by atoms with Crippen molar-refractivity contribution in [2.75, 3.05) is 5.32 Å². The van der Waals surface area contributed by atoms with Gasteiger partial charge in [0.2, 0.25) is 5.91 Å². The highest BCUT2D eigenvalue weighted by atomic mass is 16.2. The molecule has 194 valence electrons. The first-order valence-electron chi connectivity index (χ1n) is 13.7. The molecule has 8 nitrogen and oxygen atoms in total. The average molecular weight is 508 g/mol. The quantitative estimate of drug-likeness (QED) is 0.451. The minimum atomic E-state index is 0.252. The molecule has 38 heavy (non-hydrogen) atoms. The van der Waals surface area contributed by atoms with Gasteiger partial charge in [0, 0.05) is 46.9 Å². The molecule has 1 aromatic carbocycles. The third-order valence-corrected chi connectivity index (χ3v) is 7.84. The van der Waals surface area contributed by atoms with E-state index in [4.69, 9.17) is 0 Å². The summed E-state index contributed by atoms with van der Waals surface area (Å²) in [6.45, 7) is 4.26. The van der Waals surface area contributed by atoms with Gasteiger partial charge in [0.05, 0.1) is 28.7 Å². The maximum absolute atomic E-state index is 12.1. The summed E-state index contributed by atoms with van der Waals surface area (Å²) in [7, 11) is 0. The standard InChI is InChI=1S/C30H33N7O/c1-18(2)33-27-14-22(29-12-10-24-13-19(16-31)17-32-37(24)29)7-11-25(27)28-15-26(35-36-28)20-5-8-23(9-6-20)34-30(38)21-3-4-21/h7,10-14,17-18,20-21,23,33H,3-6,8-9,15H2,1-2H3,(H,34,38). The van der Waals surface area contributed by atoms with E-state index in [9.17, 15) is 10.1 Å². The van der Waals surface area contributed by atoms with Gasteiger partial charge in [-0.2, -0.15) is 20.6 Å². The van der Waals surface area contributed by atoms with Crippen molar-refractivity contribution in [1.82, 2.24) is 14.9 Å². The van der Waals surface area contributed by atoms with Crippen LogP contribution in [0.4, 0.5) is 5.69 Å². The van der Waals surface area contributed by atoms with Crippen molar-refractivity contribution in [3.8, 4) is 17.3 Å². The second kappa shape index (κ2) is 10.1. The van der Waals surface area contributed by atoms with Gasteiger partial charge in [-0.1, -0.05) is 12.1 Å². The summed E-state index contributed by atoms with van der Waals surface area (Å²) >= 11 is 0. The number of rotatable bonds is 7. The lowest BCUT2D eigenvalue weighted by atomic mass is 9.81. The first-order chi connectivity index (χ1) is 18.5. The summed E-state index contributed by atoms with van der Waals surface area (Å²) in [6, 6.07) is 15.0. The Morgan fingerprint density at radius 2 is 1.87 bits per heavy atom. The molecule has 6 rings (SSSR count). The Balaban J connectivity index is 1.17. The van der Waals surface area contributed by atoms with Crippen molar-refractivity contribution < 1.29 is 4.79 Å². The summed E-state index contributed by atoms with van der Waals surface area (Å²) in [6.07, 6.45) is 8.60. The molecule has 0 atom stereocenters. The summed E-state index contributed by atoms with van der Waals surface area (Å²) in [5, 5.41) is 29.8. The van der Waals surface area contributed by atoms with Crippen molar-refractivity contribution in [3.63, 3.8) is 0 Å². The highest BCUT2D eigenvalue weighted by Gasteiger charge is 2.33. The molecule has 3 aromatic rings. The van der Waals surface area contributed by atoms with Gasteiger partial charge in [0.1, 0.15) is 6.07 Å². The molecular formula is C30H33N7O. The van der Waals surface area contributed by atoms with Crippen LogP contribution < -0.4 is 10.6 Å². The molecule has 0 radical (unpaired) electrons. The topological polar surface area (TPSA) is 107 Å². The average Bonchev–Trinajstić information content (AvgIpc) is 3.52. The van der Waals surface area contributed by atoms with E-state index < -0.39 is 0 Å². The lowest BCUT2D eigenvalue weighted by Gasteiger charge is -2.29. The minimum absolute atomic E-state index is 0.252. The van der Waals surface area contributed by atoms with Gasteiger partial charge in [0.15, 0.2) is 0 Å². The largest absolute Gasteiger partial charge is 0.382 e. The number of hydrogen-bond acceptors (Lipinski definition) is 6. The maximum atomic E-state index is 12.1. The monoisotopic (exact) mass is 507 g/mol. The molecule has 2 aliphatic carbocycles. The van der Waals surface area contributed by atoms with Crippen LogP contribution in [0.5, 0.6) is 0 Å². The Hall–Kier alpha value is -3.99. The van der Waals surface area contributed by atoms with Gasteiger partial charge in [-0.15, -0.1) is 0 Å². The first-order valence-corrected chi connectivity index (χ1v) is 13.7. The fourth-order valence-electron chi connectivity index (χ4n) is 5.64. The third kappa shape index (κ3) is 4.93. The zero-order valence-corrected chi connectivity index (χ0v) is 21.9. The van der Waals surface area contributed by atoms with Crippen LogP contribution in [0.2, 0.25) is 0 Å². The summed E-state index contributed by atoms with van der Waals surface area (Å²) in [5.74, 6) is 0.955. The lowest BCUT2D eigenvalue weighted by Crippen LogP contribution is -2.39. The van der Waals surface area contributed by atoms with Gasteiger partial charge >= 0.3 is 0 Å². The van der Waals surface area contributed by atoms with Crippen LogP contribution in [-0.4, -0.2) is 39.0 Å². The number of nitrogens with zero attached hydrogens (tertiary/aromatic N) is 5. The van der Waals surface area contributed by atoms with Crippen molar-refractivity contribution in [1.29, 1.82) is 5.26 Å². The Bertz CT molecular complexity index is 1480. The first kappa shape index (κ1) is 24.4. The molecule has 0 bridgehead atoms. The fourth-order valence-corrected chi connectivity index (χ4v) is 5.64. The maximum Gasteiger partial charge on any atom is 0.223 e. The van der Waals surface area contributed by atoms with Crippen LogP contribution in [0, 0.1) is 23.2 Å². The van der Waals surface area contributed by atoms with E-state index >= 15 is 0 Å². The van der Waals surface area contributed by atoms with Gasteiger partial charge in [-0.05, 0) is 82.6 Å². The number of anilines is 1. The minimum Gasteiger partial charge on any atom is -0.382 e. The van der Waals surface area contributed by atoms with E-state index in [1.54, 1.807) is 6.20 Å². The number of fused-ring (bicyclic) bond motifs is 1. The van der Waals surface area contributed by atoms with Gasteiger partial charge in [-0.3, -0.25) is 4.79 Å².